The molecule has 2 atom stereocenters. The molecule has 10 nitrogen and oxygen atoms in total. The summed E-state index contributed by atoms with van der Waals surface area (Å²) in [5, 5.41) is 23.1. The number of aliphatic hydroxyl groups excluding tert-OH is 2. The van der Waals surface area contributed by atoms with Gasteiger partial charge < -0.3 is 24.8 Å². The number of hydrogen-bond donors (Lipinski definition) is 4. The molecule has 0 aliphatic carbocycles. The zero-order valence-electron chi connectivity index (χ0n) is 17.5. The number of fused-ring (bicyclic) bond motifs is 1. The number of aromatic nitrogens is 4. The molecule has 0 saturated carbocycles. The Morgan fingerprint density at radius 2 is 1.97 bits per heavy atom. The maximum atomic E-state index is 12.4. The number of hydrogen-bond acceptors (Lipinski definition) is 7. The Hall–Kier alpha value is -3.11. The fourth-order valence-electron chi connectivity index (χ4n) is 3.05. The minimum absolute atomic E-state index is 0.00167. The topological polar surface area (TPSA) is 134 Å². The largest absolute Gasteiger partial charge is 0.491 e. The molecular formula is C20H27N5O5. The van der Waals surface area contributed by atoms with Crippen LogP contribution < -0.4 is 21.3 Å². The van der Waals surface area contributed by atoms with Gasteiger partial charge in [0.25, 0.3) is 5.56 Å². The van der Waals surface area contributed by atoms with Gasteiger partial charge in [-0.1, -0.05) is 6.07 Å². The van der Waals surface area contributed by atoms with Gasteiger partial charge in [-0.25, -0.2) is 4.79 Å². The molecule has 0 saturated heterocycles. The third-order valence-corrected chi connectivity index (χ3v) is 4.88. The first-order valence-corrected chi connectivity index (χ1v) is 9.67. The molecule has 0 spiro atoms. The van der Waals surface area contributed by atoms with Crippen molar-refractivity contribution in [3.05, 3.63) is 50.2 Å². The molecule has 3 rings (SSSR count). The second-order valence-corrected chi connectivity index (χ2v) is 7.48. The third-order valence-electron chi connectivity index (χ3n) is 4.88. The van der Waals surface area contributed by atoms with Gasteiger partial charge in [-0.3, -0.25) is 14.3 Å². The summed E-state index contributed by atoms with van der Waals surface area (Å²) in [7, 11) is 1.50. The number of aromatic amines is 1. The molecule has 4 N–H and O–H groups in total. The first-order valence-electron chi connectivity index (χ1n) is 9.67. The van der Waals surface area contributed by atoms with Crippen molar-refractivity contribution < 1.29 is 14.9 Å². The van der Waals surface area contributed by atoms with Crippen LogP contribution >= 0.6 is 0 Å². The molecule has 0 bridgehead atoms. The van der Waals surface area contributed by atoms with Crippen molar-refractivity contribution in [2.45, 2.75) is 39.5 Å². The standard InChI is InChI=1S/C20H27N5O5/c1-11-5-6-15(7-12(11)2)30-10-14(27)9-25-16-17(22-19(25)21-8-13(3)26)24(4)20(29)23-18(16)28/h5-7,13-14,26-27H,8-10H2,1-4H3,(H,21,22)(H,23,28,29)/t13-,14+/m1/s1. The summed E-state index contributed by atoms with van der Waals surface area (Å²) in [6, 6.07) is 5.67. The van der Waals surface area contributed by atoms with E-state index in [1.54, 1.807) is 6.92 Å². The van der Waals surface area contributed by atoms with Crippen molar-refractivity contribution in [3.63, 3.8) is 0 Å². The molecule has 2 aromatic heterocycles. The summed E-state index contributed by atoms with van der Waals surface area (Å²) >= 11 is 0. The van der Waals surface area contributed by atoms with Gasteiger partial charge in [0.05, 0.1) is 12.6 Å². The maximum Gasteiger partial charge on any atom is 0.329 e. The average molecular weight is 417 g/mol. The van der Waals surface area contributed by atoms with E-state index >= 15 is 0 Å². The number of aliphatic hydroxyl groups is 2. The highest BCUT2D eigenvalue weighted by atomic mass is 16.5. The molecule has 0 amide bonds. The average Bonchev–Trinajstić information content (AvgIpc) is 3.04. The van der Waals surface area contributed by atoms with E-state index in [1.165, 1.54) is 16.2 Å². The number of nitrogens with zero attached hydrogens (tertiary/aromatic N) is 3. The zero-order valence-corrected chi connectivity index (χ0v) is 17.5. The molecular weight excluding hydrogens is 390 g/mol. The van der Waals surface area contributed by atoms with Crippen LogP contribution in [0.5, 0.6) is 5.75 Å². The van der Waals surface area contributed by atoms with Gasteiger partial charge in [-0.15, -0.1) is 0 Å². The van der Waals surface area contributed by atoms with E-state index < -0.39 is 23.5 Å². The first kappa shape index (κ1) is 21.6. The molecule has 162 valence electrons. The van der Waals surface area contributed by atoms with Crippen molar-refractivity contribution in [2.24, 2.45) is 7.05 Å². The summed E-state index contributed by atoms with van der Waals surface area (Å²) in [6.07, 6.45) is -1.61. The number of ether oxygens (including phenoxy) is 1. The number of H-pyrrole nitrogens is 1. The number of rotatable bonds is 8. The summed E-state index contributed by atoms with van der Waals surface area (Å²) in [6.45, 7) is 5.78. The van der Waals surface area contributed by atoms with Gasteiger partial charge in [-0.2, -0.15) is 4.98 Å². The van der Waals surface area contributed by atoms with Gasteiger partial charge in [0.15, 0.2) is 11.2 Å². The number of benzene rings is 1. The molecule has 0 fully saturated rings. The number of nitrogens with one attached hydrogen (secondary N) is 2. The molecule has 0 aliphatic heterocycles. The highest BCUT2D eigenvalue weighted by Gasteiger charge is 2.20. The summed E-state index contributed by atoms with van der Waals surface area (Å²) in [4.78, 5) is 30.9. The lowest BCUT2D eigenvalue weighted by Gasteiger charge is -2.16. The van der Waals surface area contributed by atoms with Gasteiger partial charge in [0.1, 0.15) is 18.5 Å². The van der Waals surface area contributed by atoms with Crippen molar-refractivity contribution in [2.75, 3.05) is 18.5 Å². The van der Waals surface area contributed by atoms with Crippen LogP contribution in [-0.4, -0.2) is 54.7 Å². The van der Waals surface area contributed by atoms with Crippen LogP contribution in [0.4, 0.5) is 5.95 Å². The van der Waals surface area contributed by atoms with E-state index in [1.807, 2.05) is 32.0 Å². The maximum absolute atomic E-state index is 12.4. The van der Waals surface area contributed by atoms with Crippen LogP contribution in [0.3, 0.4) is 0 Å². The smallest absolute Gasteiger partial charge is 0.329 e. The van der Waals surface area contributed by atoms with Crippen LogP contribution in [0.2, 0.25) is 0 Å². The van der Waals surface area contributed by atoms with Crippen LogP contribution in [-0.2, 0) is 13.6 Å². The second kappa shape index (κ2) is 8.72. The van der Waals surface area contributed by atoms with Crippen LogP contribution in [0.1, 0.15) is 18.1 Å². The number of aryl methyl sites for hydroxylation is 3. The Bertz CT molecular complexity index is 1160. The lowest BCUT2D eigenvalue weighted by atomic mass is 10.1. The Balaban J connectivity index is 1.87. The summed E-state index contributed by atoms with van der Waals surface area (Å²) in [5.41, 5.74) is 1.37. The minimum Gasteiger partial charge on any atom is -0.491 e. The molecule has 0 radical (unpaired) electrons. The summed E-state index contributed by atoms with van der Waals surface area (Å²) in [5.74, 6) is 0.906. The quantitative estimate of drug-likeness (QED) is 0.413. The van der Waals surface area contributed by atoms with E-state index in [0.29, 0.717) is 5.75 Å². The lowest BCUT2D eigenvalue weighted by Crippen LogP contribution is -2.31. The SMILES string of the molecule is Cc1ccc(OC[C@@H](O)Cn2c(NC[C@@H](C)O)nc3c2c(=O)[nH]c(=O)n3C)cc1C. The van der Waals surface area contributed by atoms with Gasteiger partial charge in [0, 0.05) is 13.6 Å². The van der Waals surface area contributed by atoms with E-state index in [-0.39, 0.29) is 36.8 Å². The fourth-order valence-corrected chi connectivity index (χ4v) is 3.05. The van der Waals surface area contributed by atoms with Crippen LogP contribution in [0.15, 0.2) is 27.8 Å². The predicted octanol–water partition coefficient (Wildman–Crippen LogP) is 0.273. The zero-order chi connectivity index (χ0) is 22.0. The Kier molecular flexibility index (Phi) is 6.28. The fraction of sp³-hybridized carbons (Fsp3) is 0.450. The molecule has 10 heteroatoms. The monoisotopic (exact) mass is 417 g/mol. The molecule has 0 aliphatic rings. The van der Waals surface area contributed by atoms with Crippen molar-refractivity contribution in [1.29, 1.82) is 0 Å². The van der Waals surface area contributed by atoms with Crippen molar-refractivity contribution in [1.82, 2.24) is 19.1 Å². The van der Waals surface area contributed by atoms with Crippen molar-refractivity contribution >= 4 is 17.1 Å². The first-order chi connectivity index (χ1) is 14.2. The molecule has 30 heavy (non-hydrogen) atoms. The van der Waals surface area contributed by atoms with Crippen LogP contribution in [0.25, 0.3) is 11.2 Å². The van der Waals surface area contributed by atoms with E-state index in [0.717, 1.165) is 11.1 Å². The van der Waals surface area contributed by atoms with Crippen molar-refractivity contribution in [3.8, 4) is 5.75 Å². The predicted molar refractivity (Wildman–Crippen MR) is 113 cm³/mol. The highest BCUT2D eigenvalue weighted by molar-refractivity contribution is 5.74. The van der Waals surface area contributed by atoms with Gasteiger partial charge >= 0.3 is 5.69 Å². The molecule has 3 aromatic rings. The lowest BCUT2D eigenvalue weighted by molar-refractivity contribution is 0.0937. The number of anilines is 1. The normalized spacial score (nSPS) is 13.4. The van der Waals surface area contributed by atoms with E-state index in [2.05, 4.69) is 15.3 Å². The molecule has 2 heterocycles. The van der Waals surface area contributed by atoms with Gasteiger partial charge in [-0.05, 0) is 44.0 Å². The Morgan fingerprint density at radius 1 is 1.23 bits per heavy atom. The van der Waals surface area contributed by atoms with E-state index in [9.17, 15) is 19.8 Å². The number of imidazole rings is 1. The third kappa shape index (κ3) is 4.55. The summed E-state index contributed by atoms with van der Waals surface area (Å²) < 4.78 is 8.40. The highest BCUT2D eigenvalue weighted by Crippen LogP contribution is 2.18. The Labute approximate surface area is 172 Å². The van der Waals surface area contributed by atoms with E-state index in [4.69, 9.17) is 4.74 Å². The van der Waals surface area contributed by atoms with Gasteiger partial charge in [0.2, 0.25) is 5.95 Å². The Morgan fingerprint density at radius 3 is 2.63 bits per heavy atom. The minimum atomic E-state index is -0.951. The molecule has 1 aromatic carbocycles. The molecule has 0 unspecified atom stereocenters. The second-order valence-electron chi connectivity index (χ2n) is 7.48. The van der Waals surface area contributed by atoms with Crippen LogP contribution in [0, 0.1) is 13.8 Å².